The topological polar surface area (TPSA) is 67.2 Å². The summed E-state index contributed by atoms with van der Waals surface area (Å²) in [6.07, 6.45) is 3.04. The number of carboxylic acids is 1. The lowest BCUT2D eigenvalue weighted by molar-refractivity contribution is 0.0697. The minimum absolute atomic E-state index is 0.309. The summed E-state index contributed by atoms with van der Waals surface area (Å²) < 4.78 is 2.25. The molecule has 0 amide bonds. The van der Waals surface area contributed by atoms with Crippen molar-refractivity contribution in [3.63, 3.8) is 0 Å². The van der Waals surface area contributed by atoms with Gasteiger partial charge in [-0.15, -0.1) is 0 Å². The van der Waals surface area contributed by atoms with Crippen LogP contribution in [0.4, 0.5) is 5.69 Å². The highest BCUT2D eigenvalue weighted by Crippen LogP contribution is 2.31. The molecule has 0 radical (unpaired) electrons. The van der Waals surface area contributed by atoms with Crippen LogP contribution in [0.25, 0.3) is 27.8 Å². The number of benzene rings is 4. The fourth-order valence-corrected chi connectivity index (χ4v) is 4.82. The number of aromatic nitrogens is 2. The van der Waals surface area contributed by atoms with Gasteiger partial charge in [0, 0.05) is 24.3 Å². The Kier molecular flexibility index (Phi) is 7.04. The molecule has 0 atom stereocenters. The number of imidazole rings is 1. The zero-order valence-electron chi connectivity index (χ0n) is 21.2. The average molecular weight is 490 g/mol. The van der Waals surface area contributed by atoms with Gasteiger partial charge < -0.3 is 10.4 Å². The molecule has 0 saturated carbocycles. The molecule has 2 N–H and O–H groups in total. The van der Waals surface area contributed by atoms with Crippen molar-refractivity contribution in [2.75, 3.05) is 5.32 Å². The van der Waals surface area contributed by atoms with E-state index in [1.807, 2.05) is 31.2 Å². The number of aromatic carboxylic acids is 1. The average Bonchev–Trinajstić information content (AvgIpc) is 3.28. The van der Waals surface area contributed by atoms with E-state index in [1.54, 1.807) is 12.1 Å². The Labute approximate surface area is 217 Å². The number of hydrogen-bond acceptors (Lipinski definition) is 3. The third kappa shape index (κ3) is 5.12. The first-order valence-electron chi connectivity index (χ1n) is 12.8. The van der Waals surface area contributed by atoms with Crippen LogP contribution in [0.5, 0.6) is 0 Å². The summed E-state index contributed by atoms with van der Waals surface area (Å²) in [6.45, 7) is 4.98. The molecule has 5 aromatic rings. The summed E-state index contributed by atoms with van der Waals surface area (Å²) in [5, 5.41) is 13.2. The number of rotatable bonds is 9. The Hall–Kier alpha value is -4.38. The van der Waals surface area contributed by atoms with Gasteiger partial charge in [0.2, 0.25) is 0 Å². The molecule has 0 aliphatic heterocycles. The molecule has 186 valence electrons. The number of anilines is 1. The first-order valence-corrected chi connectivity index (χ1v) is 12.8. The predicted octanol–water partition coefficient (Wildman–Crippen LogP) is 7.65. The molecule has 37 heavy (non-hydrogen) atoms. The Balaban J connectivity index is 1.56. The van der Waals surface area contributed by atoms with E-state index in [0.717, 1.165) is 70.7 Å². The van der Waals surface area contributed by atoms with Gasteiger partial charge in [-0.3, -0.25) is 4.57 Å². The van der Waals surface area contributed by atoms with Gasteiger partial charge in [-0.1, -0.05) is 67.9 Å². The van der Waals surface area contributed by atoms with Crippen molar-refractivity contribution in [3.05, 3.63) is 114 Å². The third-order valence-corrected chi connectivity index (χ3v) is 6.73. The number of hydrogen-bond donors (Lipinski definition) is 2. The molecular formula is C32H31N3O2. The van der Waals surface area contributed by atoms with Crippen LogP contribution in [0.15, 0.2) is 91.0 Å². The number of nitrogens with zero attached hydrogens (tertiary/aromatic N) is 2. The maximum atomic E-state index is 11.8. The molecule has 0 spiro atoms. The highest BCUT2D eigenvalue weighted by atomic mass is 16.4. The van der Waals surface area contributed by atoms with E-state index in [1.165, 1.54) is 5.56 Å². The molecule has 5 heteroatoms. The van der Waals surface area contributed by atoms with Crippen molar-refractivity contribution in [1.82, 2.24) is 9.55 Å². The van der Waals surface area contributed by atoms with E-state index in [2.05, 4.69) is 71.4 Å². The molecule has 1 aromatic heterocycles. The number of nitrogens with one attached hydrogen (secondary N) is 1. The molecule has 0 bridgehead atoms. The summed E-state index contributed by atoms with van der Waals surface area (Å²) in [5.74, 6) is 0.118. The minimum Gasteiger partial charge on any atom is -0.478 e. The number of carbonyl (C=O) groups is 1. The Bertz CT molecular complexity index is 1550. The van der Waals surface area contributed by atoms with Crippen LogP contribution in [-0.4, -0.2) is 20.6 Å². The third-order valence-electron chi connectivity index (χ3n) is 6.73. The molecule has 0 fully saturated rings. The van der Waals surface area contributed by atoms with E-state index < -0.39 is 5.97 Å². The van der Waals surface area contributed by atoms with Crippen molar-refractivity contribution in [3.8, 4) is 16.8 Å². The van der Waals surface area contributed by atoms with Crippen LogP contribution in [0.1, 0.15) is 47.1 Å². The molecule has 4 aromatic carbocycles. The van der Waals surface area contributed by atoms with Crippen LogP contribution < -0.4 is 5.32 Å². The summed E-state index contributed by atoms with van der Waals surface area (Å²) >= 11 is 0. The van der Waals surface area contributed by atoms with Gasteiger partial charge in [0.25, 0.3) is 0 Å². The maximum absolute atomic E-state index is 11.8. The normalized spacial score (nSPS) is 11.1. The monoisotopic (exact) mass is 489 g/mol. The van der Waals surface area contributed by atoms with Crippen LogP contribution in [0, 0.1) is 6.92 Å². The van der Waals surface area contributed by atoms with E-state index in [-0.39, 0.29) is 0 Å². The highest BCUT2D eigenvalue weighted by Gasteiger charge is 2.16. The molecule has 5 rings (SSSR count). The van der Waals surface area contributed by atoms with Crippen molar-refractivity contribution in [1.29, 1.82) is 0 Å². The van der Waals surface area contributed by atoms with Gasteiger partial charge in [-0.2, -0.15) is 0 Å². The molecule has 5 nitrogen and oxygen atoms in total. The second kappa shape index (κ2) is 10.7. The Morgan fingerprint density at radius 2 is 1.70 bits per heavy atom. The Morgan fingerprint density at radius 3 is 2.46 bits per heavy atom. The minimum atomic E-state index is -0.919. The van der Waals surface area contributed by atoms with Gasteiger partial charge in [0.05, 0.1) is 16.6 Å². The zero-order valence-corrected chi connectivity index (χ0v) is 21.2. The molecule has 0 aliphatic carbocycles. The van der Waals surface area contributed by atoms with E-state index in [0.29, 0.717) is 5.56 Å². The fourth-order valence-electron chi connectivity index (χ4n) is 4.82. The lowest BCUT2D eigenvalue weighted by atomic mass is 9.95. The predicted molar refractivity (Wildman–Crippen MR) is 151 cm³/mol. The first kappa shape index (κ1) is 24.3. The van der Waals surface area contributed by atoms with Crippen molar-refractivity contribution >= 4 is 22.7 Å². The second-order valence-corrected chi connectivity index (χ2v) is 9.36. The first-order chi connectivity index (χ1) is 18.0. The molecule has 0 aliphatic rings. The van der Waals surface area contributed by atoms with Gasteiger partial charge in [0.15, 0.2) is 0 Å². The summed E-state index contributed by atoms with van der Waals surface area (Å²) in [5.41, 5.74) is 8.31. The quantitative estimate of drug-likeness (QED) is 0.223. The highest BCUT2D eigenvalue weighted by molar-refractivity contribution is 5.96. The van der Waals surface area contributed by atoms with Gasteiger partial charge in [0.1, 0.15) is 5.82 Å². The fraction of sp³-hybridized carbons (Fsp3) is 0.188. The van der Waals surface area contributed by atoms with Crippen LogP contribution in [0.2, 0.25) is 0 Å². The maximum Gasteiger partial charge on any atom is 0.336 e. The van der Waals surface area contributed by atoms with E-state index in [4.69, 9.17) is 4.98 Å². The van der Waals surface area contributed by atoms with Crippen molar-refractivity contribution in [2.24, 2.45) is 0 Å². The molecule has 1 heterocycles. The zero-order chi connectivity index (χ0) is 25.8. The lowest BCUT2D eigenvalue weighted by Gasteiger charge is -2.15. The number of unbranched alkanes of at least 4 members (excludes halogenated alkanes) is 1. The van der Waals surface area contributed by atoms with Crippen molar-refractivity contribution in [2.45, 2.75) is 39.7 Å². The molecule has 0 saturated heterocycles. The summed E-state index contributed by atoms with van der Waals surface area (Å²) in [4.78, 5) is 16.8. The van der Waals surface area contributed by atoms with E-state index >= 15 is 0 Å². The molecular weight excluding hydrogens is 458 g/mol. The van der Waals surface area contributed by atoms with E-state index in [9.17, 15) is 9.90 Å². The summed E-state index contributed by atoms with van der Waals surface area (Å²) in [7, 11) is 0. The SMILES string of the molecule is CCCCc1nc2ccc(NCc3ccccc3)cc2n1-c1ccc(-c2ccccc2C(=O)O)c(C)c1. The standard InChI is InChI=1S/C32H31N3O2/c1-3-4-14-31-34-29-18-15-24(33-21-23-10-6-5-7-11-23)20-30(29)35(31)25-16-17-26(22(2)19-25)27-12-8-9-13-28(27)32(36)37/h5-13,15-20,33H,3-4,14,21H2,1-2H3,(H,36,37). The van der Waals surface area contributed by atoms with Gasteiger partial charge >= 0.3 is 5.97 Å². The van der Waals surface area contributed by atoms with Crippen LogP contribution >= 0.6 is 0 Å². The lowest BCUT2D eigenvalue weighted by Crippen LogP contribution is -2.04. The second-order valence-electron chi connectivity index (χ2n) is 9.36. The van der Waals surface area contributed by atoms with Crippen LogP contribution in [0.3, 0.4) is 0 Å². The summed E-state index contributed by atoms with van der Waals surface area (Å²) in [6, 6.07) is 30.1. The number of fused-ring (bicyclic) bond motifs is 1. The van der Waals surface area contributed by atoms with Crippen LogP contribution in [-0.2, 0) is 13.0 Å². The van der Waals surface area contributed by atoms with Gasteiger partial charge in [-0.25, -0.2) is 9.78 Å². The van der Waals surface area contributed by atoms with Crippen molar-refractivity contribution < 1.29 is 9.90 Å². The largest absolute Gasteiger partial charge is 0.478 e. The molecule has 0 unspecified atom stereocenters. The smallest absolute Gasteiger partial charge is 0.336 e. The van der Waals surface area contributed by atoms with Gasteiger partial charge in [-0.05, 0) is 72.0 Å². The Morgan fingerprint density at radius 1 is 0.919 bits per heavy atom. The number of carboxylic acid groups (broad SMARTS) is 1. The number of aryl methyl sites for hydroxylation is 2.